The van der Waals surface area contributed by atoms with E-state index in [9.17, 15) is 13.5 Å². The molecule has 0 amide bonds. The maximum atomic E-state index is 12.9. The SMILES string of the molecule is O=S(=O)(Cc1nc2ccccc2n1CC(O)COCc1ccco1)c1ccccc1. The van der Waals surface area contributed by atoms with Crippen LogP contribution in [0.15, 0.2) is 82.3 Å². The number of aromatic nitrogens is 2. The van der Waals surface area contributed by atoms with E-state index in [2.05, 4.69) is 4.98 Å². The third-order valence-electron chi connectivity index (χ3n) is 4.68. The van der Waals surface area contributed by atoms with Crippen LogP contribution < -0.4 is 0 Å². The zero-order valence-corrected chi connectivity index (χ0v) is 17.0. The predicted octanol–water partition coefficient (Wildman–Crippen LogP) is 3.18. The van der Waals surface area contributed by atoms with Gasteiger partial charge in [0.1, 0.15) is 23.9 Å². The third-order valence-corrected chi connectivity index (χ3v) is 6.31. The van der Waals surface area contributed by atoms with Crippen LogP contribution >= 0.6 is 0 Å². The van der Waals surface area contributed by atoms with Crippen LogP contribution in [0.25, 0.3) is 11.0 Å². The molecule has 0 aliphatic carbocycles. The summed E-state index contributed by atoms with van der Waals surface area (Å²) < 4.78 is 38.2. The van der Waals surface area contributed by atoms with Gasteiger partial charge in [-0.05, 0) is 36.4 Å². The molecule has 2 aromatic heterocycles. The van der Waals surface area contributed by atoms with Crippen molar-refractivity contribution in [2.24, 2.45) is 0 Å². The Hall–Kier alpha value is -2.94. The van der Waals surface area contributed by atoms with E-state index in [1.165, 1.54) is 0 Å². The van der Waals surface area contributed by atoms with E-state index in [4.69, 9.17) is 9.15 Å². The maximum absolute atomic E-state index is 12.9. The van der Waals surface area contributed by atoms with E-state index in [1.54, 1.807) is 53.3 Å². The Bertz CT molecular complexity index is 1200. The normalized spacial score (nSPS) is 13.0. The van der Waals surface area contributed by atoms with Gasteiger partial charge < -0.3 is 18.8 Å². The van der Waals surface area contributed by atoms with Crippen molar-refractivity contribution in [3.05, 3.63) is 84.6 Å². The summed E-state index contributed by atoms with van der Waals surface area (Å²) in [4.78, 5) is 4.76. The molecule has 0 spiro atoms. The van der Waals surface area contributed by atoms with Gasteiger partial charge in [0.05, 0.1) is 41.4 Å². The van der Waals surface area contributed by atoms with Gasteiger partial charge in [0, 0.05) is 0 Å². The van der Waals surface area contributed by atoms with Gasteiger partial charge in [-0.3, -0.25) is 0 Å². The highest BCUT2D eigenvalue weighted by Crippen LogP contribution is 2.21. The van der Waals surface area contributed by atoms with Gasteiger partial charge in [-0.1, -0.05) is 30.3 Å². The lowest BCUT2D eigenvalue weighted by Gasteiger charge is -2.15. The van der Waals surface area contributed by atoms with Crippen molar-refractivity contribution in [2.45, 2.75) is 29.9 Å². The second-order valence-electron chi connectivity index (χ2n) is 6.95. The molecule has 4 rings (SSSR count). The van der Waals surface area contributed by atoms with Gasteiger partial charge in [-0.25, -0.2) is 13.4 Å². The van der Waals surface area contributed by atoms with Gasteiger partial charge in [-0.2, -0.15) is 0 Å². The molecular formula is C22H22N2O5S. The van der Waals surface area contributed by atoms with Crippen molar-refractivity contribution in [1.82, 2.24) is 9.55 Å². The summed E-state index contributed by atoms with van der Waals surface area (Å²) in [6.45, 7) is 0.500. The quantitative estimate of drug-likeness (QED) is 0.442. The van der Waals surface area contributed by atoms with Crippen LogP contribution in [0.2, 0.25) is 0 Å². The molecular weight excluding hydrogens is 404 g/mol. The van der Waals surface area contributed by atoms with Crippen LogP contribution in [0, 0.1) is 0 Å². The van der Waals surface area contributed by atoms with Gasteiger partial charge >= 0.3 is 0 Å². The van der Waals surface area contributed by atoms with E-state index in [-0.39, 0.29) is 30.4 Å². The van der Waals surface area contributed by atoms with Crippen LogP contribution in [-0.2, 0) is 33.5 Å². The Morgan fingerprint density at radius 2 is 1.80 bits per heavy atom. The summed E-state index contributed by atoms with van der Waals surface area (Å²) in [6, 6.07) is 19.2. The van der Waals surface area contributed by atoms with Crippen LogP contribution in [0.1, 0.15) is 11.6 Å². The summed E-state index contributed by atoms with van der Waals surface area (Å²) in [5, 5.41) is 10.5. The molecule has 0 radical (unpaired) electrons. The molecule has 30 heavy (non-hydrogen) atoms. The first-order valence-electron chi connectivity index (χ1n) is 9.53. The lowest BCUT2D eigenvalue weighted by atomic mass is 10.3. The number of hydrogen-bond acceptors (Lipinski definition) is 6. The smallest absolute Gasteiger partial charge is 0.185 e. The first-order valence-corrected chi connectivity index (χ1v) is 11.2. The maximum Gasteiger partial charge on any atom is 0.185 e. The highest BCUT2D eigenvalue weighted by molar-refractivity contribution is 7.90. The highest BCUT2D eigenvalue weighted by Gasteiger charge is 2.21. The van der Waals surface area contributed by atoms with Crippen LogP contribution in [0.3, 0.4) is 0 Å². The van der Waals surface area contributed by atoms with Gasteiger partial charge in [-0.15, -0.1) is 0 Å². The van der Waals surface area contributed by atoms with Crippen LogP contribution in [0.4, 0.5) is 0 Å². The minimum atomic E-state index is -3.57. The highest BCUT2D eigenvalue weighted by atomic mass is 32.2. The van der Waals surface area contributed by atoms with Crippen molar-refractivity contribution < 1.29 is 22.7 Å². The summed E-state index contributed by atoms with van der Waals surface area (Å²) in [5.41, 5.74) is 1.44. The fraction of sp³-hybridized carbons (Fsp3) is 0.227. The average molecular weight is 426 g/mol. The van der Waals surface area contributed by atoms with Gasteiger partial charge in [0.15, 0.2) is 9.84 Å². The first kappa shape index (κ1) is 20.3. The van der Waals surface area contributed by atoms with Crippen molar-refractivity contribution in [1.29, 1.82) is 0 Å². The summed E-state index contributed by atoms with van der Waals surface area (Å²) in [7, 11) is -3.57. The molecule has 0 saturated carbocycles. The summed E-state index contributed by atoms with van der Waals surface area (Å²) in [5.74, 6) is 0.793. The molecule has 1 atom stereocenters. The molecule has 0 aliphatic heterocycles. The number of fused-ring (bicyclic) bond motifs is 1. The van der Waals surface area contributed by atoms with Gasteiger partial charge in [0.2, 0.25) is 0 Å². The molecule has 7 nitrogen and oxygen atoms in total. The fourth-order valence-corrected chi connectivity index (χ4v) is 4.57. The van der Waals surface area contributed by atoms with Crippen molar-refractivity contribution in [3.63, 3.8) is 0 Å². The number of benzene rings is 2. The topological polar surface area (TPSA) is 94.6 Å². The number of furan rings is 1. The molecule has 0 aliphatic rings. The zero-order valence-electron chi connectivity index (χ0n) is 16.2. The minimum Gasteiger partial charge on any atom is -0.467 e. The lowest BCUT2D eigenvalue weighted by molar-refractivity contribution is 0.0149. The van der Waals surface area contributed by atoms with Crippen molar-refractivity contribution in [2.75, 3.05) is 6.61 Å². The Labute approximate surface area is 174 Å². The van der Waals surface area contributed by atoms with Crippen LogP contribution in [0.5, 0.6) is 0 Å². The first-order chi connectivity index (χ1) is 14.5. The standard InChI is InChI=1S/C22H22N2O5S/c25-17(14-28-15-18-7-6-12-29-18)13-24-21-11-5-4-10-20(21)23-22(24)16-30(26,27)19-8-2-1-3-9-19/h1-12,17,25H,13-16H2. The minimum absolute atomic E-state index is 0.0814. The largest absolute Gasteiger partial charge is 0.467 e. The Balaban J connectivity index is 1.54. The molecule has 156 valence electrons. The number of rotatable bonds is 9. The van der Waals surface area contributed by atoms with E-state index < -0.39 is 15.9 Å². The number of para-hydroxylation sites is 2. The molecule has 1 N–H and O–H groups in total. The molecule has 1 unspecified atom stereocenters. The molecule has 4 aromatic rings. The van der Waals surface area contributed by atoms with E-state index in [0.717, 1.165) is 5.52 Å². The average Bonchev–Trinajstić information content (AvgIpc) is 3.37. The number of imidazole rings is 1. The summed E-state index contributed by atoms with van der Waals surface area (Å²) in [6.07, 6.45) is 0.724. The number of ether oxygens (including phenoxy) is 1. The Morgan fingerprint density at radius 3 is 2.57 bits per heavy atom. The number of aliphatic hydroxyl groups excluding tert-OH is 1. The Kier molecular flexibility index (Phi) is 5.98. The lowest BCUT2D eigenvalue weighted by Crippen LogP contribution is -2.23. The van der Waals surface area contributed by atoms with Crippen molar-refractivity contribution >= 4 is 20.9 Å². The number of sulfone groups is 1. The second-order valence-corrected chi connectivity index (χ2v) is 8.94. The molecule has 2 aromatic carbocycles. The zero-order chi connectivity index (χ0) is 21.0. The van der Waals surface area contributed by atoms with Crippen molar-refractivity contribution in [3.8, 4) is 0 Å². The third kappa shape index (κ3) is 4.62. The fourth-order valence-electron chi connectivity index (χ4n) is 3.27. The molecule has 8 heteroatoms. The number of nitrogens with zero attached hydrogens (tertiary/aromatic N) is 2. The molecule has 0 fully saturated rings. The number of hydrogen-bond donors (Lipinski definition) is 1. The second kappa shape index (κ2) is 8.83. The monoisotopic (exact) mass is 426 g/mol. The number of aliphatic hydroxyl groups is 1. The molecule has 0 saturated heterocycles. The molecule has 2 heterocycles. The van der Waals surface area contributed by atoms with Gasteiger partial charge in [0.25, 0.3) is 0 Å². The van der Waals surface area contributed by atoms with E-state index in [0.29, 0.717) is 17.1 Å². The molecule has 0 bridgehead atoms. The van der Waals surface area contributed by atoms with Crippen LogP contribution in [-0.4, -0.2) is 35.8 Å². The van der Waals surface area contributed by atoms with E-state index >= 15 is 0 Å². The van der Waals surface area contributed by atoms with E-state index in [1.807, 2.05) is 24.3 Å². The summed E-state index contributed by atoms with van der Waals surface area (Å²) >= 11 is 0. The Morgan fingerprint density at radius 1 is 1.03 bits per heavy atom. The predicted molar refractivity (Wildman–Crippen MR) is 111 cm³/mol.